The van der Waals surface area contributed by atoms with Gasteiger partial charge < -0.3 is 14.8 Å². The highest BCUT2D eigenvalue weighted by atomic mass is 16.4. The van der Waals surface area contributed by atoms with Crippen LogP contribution in [0.4, 0.5) is 5.69 Å². The summed E-state index contributed by atoms with van der Waals surface area (Å²) in [6, 6.07) is 7.04. The highest BCUT2D eigenvalue weighted by Crippen LogP contribution is 2.26. The smallest absolute Gasteiger partial charge is 0.354 e. The van der Waals surface area contributed by atoms with Crippen molar-refractivity contribution in [1.29, 1.82) is 0 Å². The van der Waals surface area contributed by atoms with E-state index in [0.717, 1.165) is 0 Å². The van der Waals surface area contributed by atoms with Crippen LogP contribution in [0.2, 0.25) is 0 Å². The van der Waals surface area contributed by atoms with Crippen LogP contribution in [0.15, 0.2) is 40.9 Å². The number of nitrogens with zero attached hydrogens (tertiary/aromatic N) is 2. The molecular formula is C17H15N3O4. The van der Waals surface area contributed by atoms with E-state index >= 15 is 0 Å². The van der Waals surface area contributed by atoms with Crippen molar-refractivity contribution in [2.24, 2.45) is 5.92 Å². The van der Waals surface area contributed by atoms with Crippen LogP contribution in [0, 0.1) is 5.92 Å². The van der Waals surface area contributed by atoms with Crippen molar-refractivity contribution < 1.29 is 27.3 Å². The first-order chi connectivity index (χ1) is 13.9. The van der Waals surface area contributed by atoms with Crippen molar-refractivity contribution in [2.45, 2.75) is 13.7 Å². The number of carbonyl (C=O) groups excluding carboxylic acids is 1. The Morgan fingerprint density at radius 1 is 1.29 bits per heavy atom. The Labute approximate surface area is 145 Å². The first-order valence-electron chi connectivity index (χ1n) is 9.77. The Morgan fingerprint density at radius 2 is 2.12 bits per heavy atom. The van der Waals surface area contributed by atoms with Gasteiger partial charge in [-0.25, -0.2) is 14.8 Å². The number of aromatic nitrogens is 2. The average Bonchev–Trinajstić information content (AvgIpc) is 3.02. The van der Waals surface area contributed by atoms with Crippen LogP contribution in [0.25, 0.3) is 22.6 Å². The van der Waals surface area contributed by atoms with Gasteiger partial charge in [0.2, 0.25) is 11.8 Å². The predicted octanol–water partition coefficient (Wildman–Crippen LogP) is 3.18. The molecule has 3 aromatic rings. The first kappa shape index (κ1) is 9.82. The molecule has 0 fully saturated rings. The molecule has 0 aliphatic heterocycles. The van der Waals surface area contributed by atoms with Crippen LogP contribution in [0.5, 0.6) is 0 Å². The summed E-state index contributed by atoms with van der Waals surface area (Å²) in [5.41, 5.74) is 0.916. The van der Waals surface area contributed by atoms with Crippen molar-refractivity contribution >= 4 is 28.7 Å². The molecule has 3 rings (SSSR count). The maximum Gasteiger partial charge on any atom is 0.354 e. The number of carbonyl (C=O) groups is 2. The summed E-state index contributed by atoms with van der Waals surface area (Å²) in [7, 11) is 0. The maximum absolute atomic E-state index is 12.3. The highest BCUT2D eigenvalue weighted by molar-refractivity contribution is 5.94. The van der Waals surface area contributed by atoms with E-state index < -0.39 is 31.5 Å². The molecule has 0 spiro atoms. The Bertz CT molecular complexity index is 1110. The number of oxazole rings is 1. The molecule has 0 unspecified atom stereocenters. The zero-order valence-corrected chi connectivity index (χ0v) is 12.1. The van der Waals surface area contributed by atoms with E-state index in [0.29, 0.717) is 11.1 Å². The van der Waals surface area contributed by atoms with E-state index in [2.05, 4.69) is 15.3 Å². The van der Waals surface area contributed by atoms with Gasteiger partial charge in [0.1, 0.15) is 11.2 Å². The fraction of sp³-hybridized carbons (Fsp3) is 0.176. The standard InChI is InChI=1S/C17H15N3O4/c1-9(2)15(21)19-11-3-4-14-12(8-11)20-16(24-14)10-5-6-18-13(7-10)17(22)23/h3-9H,1-2H3,(H,19,21)(H,22,23)/i1D3,2D3. The summed E-state index contributed by atoms with van der Waals surface area (Å²) >= 11 is 0. The van der Waals surface area contributed by atoms with Crippen LogP contribution in [-0.2, 0) is 4.79 Å². The number of fused-ring (bicyclic) bond motifs is 1. The molecule has 0 aliphatic rings. The Balaban J connectivity index is 1.90. The van der Waals surface area contributed by atoms with Gasteiger partial charge in [-0.3, -0.25) is 4.79 Å². The second-order valence-electron chi connectivity index (χ2n) is 4.86. The molecule has 0 saturated heterocycles. The molecule has 24 heavy (non-hydrogen) atoms. The highest BCUT2D eigenvalue weighted by Gasteiger charge is 2.13. The zero-order valence-electron chi connectivity index (χ0n) is 18.1. The van der Waals surface area contributed by atoms with Gasteiger partial charge in [-0.2, -0.15) is 0 Å². The van der Waals surface area contributed by atoms with Crippen molar-refractivity contribution in [3.63, 3.8) is 0 Å². The van der Waals surface area contributed by atoms with Crippen LogP contribution in [0.1, 0.15) is 32.4 Å². The third-order valence-corrected chi connectivity index (χ3v) is 3.14. The monoisotopic (exact) mass is 331 g/mol. The lowest BCUT2D eigenvalue weighted by Gasteiger charge is -2.06. The van der Waals surface area contributed by atoms with Gasteiger partial charge in [0.05, 0.1) is 0 Å². The van der Waals surface area contributed by atoms with Gasteiger partial charge in [-0.05, 0) is 30.3 Å². The van der Waals surface area contributed by atoms with E-state index in [1.165, 1.54) is 36.5 Å². The Kier molecular flexibility index (Phi) is 2.50. The largest absolute Gasteiger partial charge is 0.477 e. The quantitative estimate of drug-likeness (QED) is 0.760. The molecule has 1 amide bonds. The summed E-state index contributed by atoms with van der Waals surface area (Å²) in [6.45, 7) is -6.02. The predicted molar refractivity (Wildman–Crippen MR) is 87.7 cm³/mol. The van der Waals surface area contributed by atoms with Crippen molar-refractivity contribution in [1.82, 2.24) is 9.97 Å². The molecule has 0 atom stereocenters. The van der Waals surface area contributed by atoms with Crippen molar-refractivity contribution in [2.75, 3.05) is 5.32 Å². The minimum absolute atomic E-state index is 0.112. The summed E-state index contributed by atoms with van der Waals surface area (Å²) in [6.07, 6.45) is 1.29. The number of carboxylic acid groups (broad SMARTS) is 1. The lowest BCUT2D eigenvalue weighted by molar-refractivity contribution is -0.118. The van der Waals surface area contributed by atoms with Crippen LogP contribution >= 0.6 is 0 Å². The number of aromatic carboxylic acids is 1. The molecule has 0 bridgehead atoms. The molecule has 2 heterocycles. The molecule has 7 heteroatoms. The van der Waals surface area contributed by atoms with Gasteiger partial charge in [0.15, 0.2) is 5.58 Å². The summed E-state index contributed by atoms with van der Waals surface area (Å²) in [5, 5.41) is 11.3. The summed E-state index contributed by atoms with van der Waals surface area (Å²) < 4.78 is 49.7. The van der Waals surface area contributed by atoms with E-state index in [1.807, 2.05) is 0 Å². The van der Waals surface area contributed by atoms with Gasteiger partial charge in [0, 0.05) is 31.6 Å². The van der Waals surface area contributed by atoms with Crippen molar-refractivity contribution in [3.8, 4) is 11.5 Å². The molecule has 122 valence electrons. The molecule has 0 saturated carbocycles. The van der Waals surface area contributed by atoms with E-state index in [9.17, 15) is 9.59 Å². The van der Waals surface area contributed by atoms with Gasteiger partial charge in [-0.15, -0.1) is 0 Å². The SMILES string of the molecule is [2H]C([2H])([2H])C(C(=O)Nc1ccc2oc(-c3ccnc(C(=O)O)c3)nc2c1)C([2H])([2H])[2H]. The van der Waals surface area contributed by atoms with E-state index in [-0.39, 0.29) is 22.8 Å². The maximum atomic E-state index is 12.3. The fourth-order valence-corrected chi connectivity index (χ4v) is 2.02. The van der Waals surface area contributed by atoms with Gasteiger partial charge >= 0.3 is 5.97 Å². The second kappa shape index (κ2) is 6.11. The van der Waals surface area contributed by atoms with Crippen LogP contribution < -0.4 is 5.32 Å². The molecule has 2 N–H and O–H groups in total. The second-order valence-corrected chi connectivity index (χ2v) is 4.86. The molecule has 7 nitrogen and oxygen atoms in total. The Morgan fingerprint density at radius 3 is 2.88 bits per heavy atom. The summed E-state index contributed by atoms with van der Waals surface area (Å²) in [5.74, 6) is -4.46. The first-order valence-corrected chi connectivity index (χ1v) is 6.77. The zero-order chi connectivity index (χ0) is 22.3. The number of nitrogens with one attached hydrogen (secondary N) is 1. The molecule has 0 radical (unpaired) electrons. The lowest BCUT2D eigenvalue weighted by atomic mass is 10.2. The molecule has 0 aliphatic carbocycles. The number of hydrogen-bond donors (Lipinski definition) is 2. The van der Waals surface area contributed by atoms with Crippen LogP contribution in [0.3, 0.4) is 0 Å². The third-order valence-electron chi connectivity index (χ3n) is 3.14. The molecule has 2 aromatic heterocycles. The molecule has 1 aromatic carbocycles. The number of carboxylic acids is 1. The average molecular weight is 331 g/mol. The number of benzene rings is 1. The normalized spacial score (nSPS) is 15.7. The molecular weight excluding hydrogens is 310 g/mol. The number of hydrogen-bond acceptors (Lipinski definition) is 5. The number of amides is 1. The lowest BCUT2D eigenvalue weighted by Crippen LogP contribution is -2.17. The van der Waals surface area contributed by atoms with Crippen LogP contribution in [-0.4, -0.2) is 27.0 Å². The third kappa shape index (κ3) is 3.10. The van der Waals surface area contributed by atoms with E-state index in [4.69, 9.17) is 17.7 Å². The minimum atomic E-state index is -3.01. The van der Waals surface area contributed by atoms with E-state index in [1.54, 1.807) is 0 Å². The minimum Gasteiger partial charge on any atom is -0.477 e. The van der Waals surface area contributed by atoms with Gasteiger partial charge in [-0.1, -0.05) is 13.7 Å². The Hall–Kier alpha value is -3.22. The number of anilines is 1. The topological polar surface area (TPSA) is 105 Å². The number of rotatable bonds is 4. The summed E-state index contributed by atoms with van der Waals surface area (Å²) in [4.78, 5) is 31.3. The van der Waals surface area contributed by atoms with Gasteiger partial charge in [0.25, 0.3) is 0 Å². The van der Waals surface area contributed by atoms with Crippen molar-refractivity contribution in [3.05, 3.63) is 42.2 Å². The number of pyridine rings is 1. The fourth-order valence-electron chi connectivity index (χ4n) is 2.02.